The first-order chi connectivity index (χ1) is 8.97. The van der Waals surface area contributed by atoms with E-state index in [1.165, 1.54) is 0 Å². The maximum atomic E-state index is 9.97. The van der Waals surface area contributed by atoms with E-state index in [0.29, 0.717) is 11.4 Å². The molecule has 0 saturated heterocycles. The lowest BCUT2D eigenvalue weighted by Gasteiger charge is -2.03. The number of rotatable bonds is 2. The number of benzene rings is 1. The molecule has 0 aliphatic carbocycles. The fourth-order valence-corrected chi connectivity index (χ4v) is 4.30. The van der Waals surface area contributed by atoms with E-state index >= 15 is 0 Å². The highest BCUT2D eigenvalue weighted by Crippen LogP contribution is 2.28. The van der Waals surface area contributed by atoms with Crippen molar-refractivity contribution in [2.45, 2.75) is 0 Å². The zero-order chi connectivity index (χ0) is 14.0. The molecule has 0 aliphatic heterocycles. The van der Waals surface area contributed by atoms with Crippen molar-refractivity contribution in [2.75, 3.05) is 0 Å². The number of phenols is 1. The van der Waals surface area contributed by atoms with E-state index in [9.17, 15) is 5.11 Å². The second kappa shape index (κ2) is 6.81. The SMILES string of the molecule is Oc1c(I)cc(I)cc1/C=N/c1ncc(Br)cc1Br. The van der Waals surface area contributed by atoms with Crippen molar-refractivity contribution in [3.8, 4) is 5.75 Å². The predicted octanol–water partition coefficient (Wildman–Crippen LogP) is 5.27. The normalized spacial score (nSPS) is 11.2. The van der Waals surface area contributed by atoms with Crippen molar-refractivity contribution >= 4 is 89.1 Å². The van der Waals surface area contributed by atoms with Crippen LogP contribution in [0.4, 0.5) is 5.82 Å². The second-order valence-corrected chi connectivity index (χ2v) is 7.72. The number of aliphatic imine (C=N–C) groups is 1. The number of aromatic hydroxyl groups is 1. The summed E-state index contributed by atoms with van der Waals surface area (Å²) in [5.74, 6) is 0.800. The molecule has 0 saturated carbocycles. The van der Waals surface area contributed by atoms with Crippen LogP contribution in [-0.2, 0) is 0 Å². The second-order valence-electron chi connectivity index (χ2n) is 3.54. The number of aromatic nitrogens is 1. The van der Waals surface area contributed by atoms with Crippen LogP contribution in [0.15, 0.2) is 38.3 Å². The Bertz CT molecular complexity index is 662. The zero-order valence-corrected chi connectivity index (χ0v) is 16.7. The van der Waals surface area contributed by atoms with E-state index in [1.54, 1.807) is 12.4 Å². The molecular weight excluding hydrogens is 602 g/mol. The van der Waals surface area contributed by atoms with Gasteiger partial charge in [-0.05, 0) is 95.2 Å². The van der Waals surface area contributed by atoms with E-state index in [2.05, 4.69) is 87.0 Å². The minimum atomic E-state index is 0.234. The molecule has 0 bridgehead atoms. The standard InChI is InChI=1S/C12H6Br2I2N2O/c13-7-2-9(14)12(18-5-7)17-4-6-1-8(15)3-10(16)11(6)19/h1-5,19H/b17-4+. The number of phenolic OH excluding ortho intramolecular Hbond substituents is 1. The molecule has 1 N–H and O–H groups in total. The highest BCUT2D eigenvalue weighted by molar-refractivity contribution is 14.1. The molecule has 0 amide bonds. The number of nitrogens with zero attached hydrogens (tertiary/aromatic N) is 2. The zero-order valence-electron chi connectivity index (χ0n) is 9.24. The number of hydrogen-bond donors (Lipinski definition) is 1. The van der Waals surface area contributed by atoms with Crippen LogP contribution in [0.25, 0.3) is 0 Å². The molecule has 1 heterocycles. The highest BCUT2D eigenvalue weighted by atomic mass is 127. The number of pyridine rings is 1. The Hall–Kier alpha value is 0.260. The van der Waals surface area contributed by atoms with Gasteiger partial charge in [0.25, 0.3) is 0 Å². The Labute approximate surface area is 154 Å². The summed E-state index contributed by atoms with van der Waals surface area (Å²) in [6.45, 7) is 0. The van der Waals surface area contributed by atoms with Crippen molar-refractivity contribution in [3.63, 3.8) is 0 Å². The highest BCUT2D eigenvalue weighted by Gasteiger charge is 2.06. The average Bonchev–Trinajstić information content (AvgIpc) is 2.33. The Morgan fingerprint density at radius 3 is 2.63 bits per heavy atom. The van der Waals surface area contributed by atoms with Gasteiger partial charge in [0.1, 0.15) is 5.75 Å². The van der Waals surface area contributed by atoms with Gasteiger partial charge < -0.3 is 5.11 Å². The largest absolute Gasteiger partial charge is 0.506 e. The minimum absolute atomic E-state index is 0.234. The summed E-state index contributed by atoms with van der Waals surface area (Å²) in [5, 5.41) is 9.97. The van der Waals surface area contributed by atoms with Crippen LogP contribution in [0.1, 0.15) is 5.56 Å². The first-order valence-corrected chi connectivity index (χ1v) is 8.75. The van der Waals surface area contributed by atoms with Gasteiger partial charge in [0.2, 0.25) is 0 Å². The predicted molar refractivity (Wildman–Crippen MR) is 100 cm³/mol. The topological polar surface area (TPSA) is 45.5 Å². The molecule has 19 heavy (non-hydrogen) atoms. The Morgan fingerprint density at radius 1 is 1.21 bits per heavy atom. The summed E-state index contributed by atoms with van der Waals surface area (Å²) in [6.07, 6.45) is 3.29. The molecular formula is C12H6Br2I2N2O. The summed E-state index contributed by atoms with van der Waals surface area (Å²) in [5.41, 5.74) is 0.674. The third kappa shape index (κ3) is 4.11. The van der Waals surface area contributed by atoms with Crippen LogP contribution in [0.5, 0.6) is 5.75 Å². The maximum absolute atomic E-state index is 9.97. The Kier molecular flexibility index (Phi) is 5.61. The lowest BCUT2D eigenvalue weighted by molar-refractivity contribution is 0.470. The average molecular weight is 608 g/mol. The van der Waals surface area contributed by atoms with Gasteiger partial charge in [0, 0.05) is 26.0 Å². The smallest absolute Gasteiger partial charge is 0.166 e. The number of halogens is 4. The van der Waals surface area contributed by atoms with Crippen molar-refractivity contribution in [1.29, 1.82) is 0 Å². The molecule has 7 heteroatoms. The maximum Gasteiger partial charge on any atom is 0.166 e. The molecule has 0 spiro atoms. The van der Waals surface area contributed by atoms with E-state index in [1.807, 2.05) is 18.2 Å². The molecule has 1 aromatic carbocycles. The van der Waals surface area contributed by atoms with Crippen LogP contribution < -0.4 is 0 Å². The summed E-state index contributed by atoms with van der Waals surface area (Å²) < 4.78 is 3.51. The summed E-state index contributed by atoms with van der Waals surface area (Å²) in [7, 11) is 0. The van der Waals surface area contributed by atoms with Gasteiger partial charge >= 0.3 is 0 Å². The first-order valence-electron chi connectivity index (χ1n) is 5.00. The molecule has 0 fully saturated rings. The quantitative estimate of drug-likeness (QED) is 0.374. The number of hydrogen-bond acceptors (Lipinski definition) is 3. The molecule has 0 unspecified atom stereocenters. The van der Waals surface area contributed by atoms with Crippen LogP contribution in [-0.4, -0.2) is 16.3 Å². The fourth-order valence-electron chi connectivity index (χ4n) is 1.32. The van der Waals surface area contributed by atoms with E-state index in [0.717, 1.165) is 16.1 Å². The fraction of sp³-hybridized carbons (Fsp3) is 0. The summed E-state index contributed by atoms with van der Waals surface area (Å²) in [4.78, 5) is 8.48. The van der Waals surface area contributed by atoms with Crippen molar-refractivity contribution in [3.05, 3.63) is 46.0 Å². The molecule has 98 valence electrons. The van der Waals surface area contributed by atoms with Crippen LogP contribution >= 0.6 is 77.0 Å². The molecule has 0 aliphatic rings. The van der Waals surface area contributed by atoms with Gasteiger partial charge in [-0.25, -0.2) is 9.98 Å². The van der Waals surface area contributed by atoms with E-state index in [4.69, 9.17) is 0 Å². The van der Waals surface area contributed by atoms with Gasteiger partial charge in [-0.2, -0.15) is 0 Å². The van der Waals surface area contributed by atoms with Gasteiger partial charge in [0.15, 0.2) is 5.82 Å². The van der Waals surface area contributed by atoms with Crippen molar-refractivity contribution in [1.82, 2.24) is 4.98 Å². The van der Waals surface area contributed by atoms with Crippen LogP contribution in [0.3, 0.4) is 0 Å². The van der Waals surface area contributed by atoms with Crippen LogP contribution in [0, 0.1) is 7.14 Å². The third-order valence-corrected chi connectivity index (χ3v) is 4.63. The van der Waals surface area contributed by atoms with Gasteiger partial charge in [0.05, 0.1) is 8.04 Å². The first kappa shape index (κ1) is 15.6. The van der Waals surface area contributed by atoms with Gasteiger partial charge in [-0.15, -0.1) is 0 Å². The molecule has 1 aromatic heterocycles. The van der Waals surface area contributed by atoms with Crippen molar-refractivity contribution in [2.24, 2.45) is 4.99 Å². The monoisotopic (exact) mass is 606 g/mol. The minimum Gasteiger partial charge on any atom is -0.506 e. The summed E-state index contributed by atoms with van der Waals surface area (Å²) in [6, 6.07) is 5.65. The lowest BCUT2D eigenvalue weighted by Crippen LogP contribution is -1.88. The Balaban J connectivity index is 2.38. The Morgan fingerprint density at radius 2 is 1.95 bits per heavy atom. The molecule has 2 rings (SSSR count). The van der Waals surface area contributed by atoms with Crippen LogP contribution in [0.2, 0.25) is 0 Å². The molecule has 2 aromatic rings. The summed E-state index contributed by atoms with van der Waals surface area (Å²) >= 11 is 11.0. The lowest BCUT2D eigenvalue weighted by atomic mass is 10.2. The van der Waals surface area contributed by atoms with Gasteiger partial charge in [-0.1, -0.05) is 0 Å². The van der Waals surface area contributed by atoms with E-state index in [-0.39, 0.29) is 5.75 Å². The van der Waals surface area contributed by atoms with Gasteiger partial charge in [-0.3, -0.25) is 0 Å². The van der Waals surface area contributed by atoms with E-state index < -0.39 is 0 Å². The molecule has 0 radical (unpaired) electrons. The molecule has 0 atom stereocenters. The third-order valence-electron chi connectivity index (χ3n) is 2.17. The molecule has 3 nitrogen and oxygen atoms in total. The van der Waals surface area contributed by atoms with Crippen molar-refractivity contribution < 1.29 is 5.11 Å².